The molecule has 144 valence electrons. The Hall–Kier alpha value is -3.13. The predicted molar refractivity (Wildman–Crippen MR) is 118 cm³/mol. The number of benzene rings is 3. The van der Waals surface area contributed by atoms with Crippen LogP contribution in [0.4, 0.5) is 0 Å². The minimum atomic E-state index is -0.875. The van der Waals surface area contributed by atoms with Crippen LogP contribution in [0.2, 0.25) is 0 Å². The van der Waals surface area contributed by atoms with Gasteiger partial charge < -0.3 is 5.11 Å². The molecule has 2 nitrogen and oxygen atoms in total. The molecule has 3 aromatic carbocycles. The Morgan fingerprint density at radius 2 is 1.54 bits per heavy atom. The molecule has 0 spiro atoms. The highest BCUT2D eigenvalue weighted by Crippen LogP contribution is 2.17. The molecule has 0 unspecified atom stereocenters. The molecule has 28 heavy (non-hydrogen) atoms. The maximum Gasteiger partial charge on any atom is 0.335 e. The van der Waals surface area contributed by atoms with Crippen LogP contribution in [0.3, 0.4) is 0 Å². The van der Waals surface area contributed by atoms with Crippen molar-refractivity contribution in [2.24, 2.45) is 0 Å². The average molecular weight is 373 g/mol. The molecule has 0 radical (unpaired) electrons. The second-order valence-corrected chi connectivity index (χ2v) is 6.76. The molecule has 3 aromatic rings. The summed E-state index contributed by atoms with van der Waals surface area (Å²) in [6, 6.07) is 23.7. The Kier molecular flexibility index (Phi) is 8.23. The fourth-order valence-corrected chi connectivity index (χ4v) is 2.90. The van der Waals surface area contributed by atoms with E-state index in [1.165, 1.54) is 22.3 Å². The Balaban J connectivity index is 0.000000150. The first kappa shape index (κ1) is 21.2. The smallest absolute Gasteiger partial charge is 0.335 e. The lowest BCUT2D eigenvalue weighted by Crippen LogP contribution is -1.94. The first-order valence-electron chi connectivity index (χ1n) is 9.60. The van der Waals surface area contributed by atoms with Crippen molar-refractivity contribution >= 4 is 12.0 Å². The van der Waals surface area contributed by atoms with Gasteiger partial charge in [0.1, 0.15) is 0 Å². The van der Waals surface area contributed by atoms with E-state index in [4.69, 9.17) is 5.11 Å². The number of fused-ring (bicyclic) bond motifs is 1. The van der Waals surface area contributed by atoms with Gasteiger partial charge in [0.25, 0.3) is 0 Å². The molecule has 0 saturated heterocycles. The molecule has 1 aliphatic carbocycles. The Bertz CT molecular complexity index is 915. The molecule has 1 N–H and O–H groups in total. The van der Waals surface area contributed by atoms with Gasteiger partial charge in [-0.05, 0) is 61.1 Å². The summed E-state index contributed by atoms with van der Waals surface area (Å²) in [5, 5.41) is 8.48. The van der Waals surface area contributed by atoms with E-state index in [9.17, 15) is 4.79 Å². The van der Waals surface area contributed by atoms with Crippen molar-refractivity contribution in [2.75, 3.05) is 0 Å². The number of rotatable bonds is 2. The fourth-order valence-electron chi connectivity index (χ4n) is 2.90. The molecule has 0 amide bonds. The minimum absolute atomic E-state index is 0.339. The largest absolute Gasteiger partial charge is 0.478 e. The zero-order valence-corrected chi connectivity index (χ0v) is 16.9. The van der Waals surface area contributed by atoms with E-state index in [-0.39, 0.29) is 0 Å². The number of hydrogen-bond acceptors (Lipinski definition) is 1. The molecule has 0 saturated carbocycles. The van der Waals surface area contributed by atoms with Crippen LogP contribution in [0.15, 0.2) is 78.9 Å². The van der Waals surface area contributed by atoms with E-state index in [0.29, 0.717) is 5.56 Å². The second kappa shape index (κ2) is 10.9. The van der Waals surface area contributed by atoms with E-state index >= 15 is 0 Å². The van der Waals surface area contributed by atoms with E-state index in [0.717, 1.165) is 18.4 Å². The van der Waals surface area contributed by atoms with Crippen LogP contribution >= 0.6 is 0 Å². The van der Waals surface area contributed by atoms with Gasteiger partial charge in [0, 0.05) is 0 Å². The van der Waals surface area contributed by atoms with Crippen molar-refractivity contribution in [2.45, 2.75) is 33.6 Å². The van der Waals surface area contributed by atoms with E-state index in [1.54, 1.807) is 24.3 Å². The highest BCUT2D eigenvalue weighted by molar-refractivity contribution is 5.87. The van der Waals surface area contributed by atoms with Gasteiger partial charge in [-0.15, -0.1) is 0 Å². The number of allylic oxidation sites excluding steroid dienone is 1. The summed E-state index contributed by atoms with van der Waals surface area (Å²) in [7, 11) is 0. The first-order valence-corrected chi connectivity index (χ1v) is 9.60. The third kappa shape index (κ3) is 6.55. The lowest BCUT2D eigenvalue weighted by molar-refractivity contribution is 0.0697. The topological polar surface area (TPSA) is 37.3 Å². The summed E-state index contributed by atoms with van der Waals surface area (Å²) in [4.78, 5) is 10.3. The van der Waals surface area contributed by atoms with Gasteiger partial charge >= 0.3 is 5.97 Å². The zero-order chi connectivity index (χ0) is 20.4. The van der Waals surface area contributed by atoms with Crippen molar-refractivity contribution in [3.63, 3.8) is 0 Å². The fraction of sp³-hybridized carbons (Fsp3) is 0.192. The van der Waals surface area contributed by atoms with Gasteiger partial charge in [0.2, 0.25) is 0 Å². The van der Waals surface area contributed by atoms with Crippen molar-refractivity contribution < 1.29 is 9.90 Å². The average Bonchev–Trinajstić information content (AvgIpc) is 3.18. The Morgan fingerprint density at radius 1 is 0.893 bits per heavy atom. The van der Waals surface area contributed by atoms with E-state index < -0.39 is 5.97 Å². The van der Waals surface area contributed by atoms with Crippen LogP contribution in [0.5, 0.6) is 0 Å². The zero-order valence-electron chi connectivity index (χ0n) is 16.9. The molecule has 0 aliphatic heterocycles. The molecule has 0 atom stereocenters. The number of carboxylic acids is 1. The minimum Gasteiger partial charge on any atom is -0.478 e. The van der Waals surface area contributed by atoms with Crippen LogP contribution < -0.4 is 0 Å². The first-order chi connectivity index (χ1) is 13.5. The van der Waals surface area contributed by atoms with E-state index in [1.807, 2.05) is 6.92 Å². The quantitative estimate of drug-likeness (QED) is 0.557. The Labute approximate surface area is 168 Å². The normalized spacial score (nSPS) is 10.8. The van der Waals surface area contributed by atoms with Crippen molar-refractivity contribution in [1.29, 1.82) is 0 Å². The number of carbonyl (C=O) groups is 1. The van der Waals surface area contributed by atoms with Gasteiger partial charge in [-0.25, -0.2) is 4.79 Å². The molecule has 0 fully saturated rings. The van der Waals surface area contributed by atoms with Crippen LogP contribution in [0, 0.1) is 13.8 Å². The molecule has 0 heterocycles. The maximum atomic E-state index is 10.3. The Morgan fingerprint density at radius 3 is 2.11 bits per heavy atom. The van der Waals surface area contributed by atoms with Crippen LogP contribution in [0.1, 0.15) is 45.1 Å². The summed E-state index contributed by atoms with van der Waals surface area (Å²) in [6.07, 6.45) is 6.64. The standard InChI is InChI=1S/C9H8.C9H12.C8H8O2/c1-2-5-9-7-3-6-8(9)4-1;1-3-9-7-5-4-6-8(9)2;1-6-2-4-7(5-3-6)8(9)10/h1-6H,7H2;4-7H,3H2,1-2H3;2-5H,1H3,(H,9,10). The summed E-state index contributed by atoms with van der Waals surface area (Å²) in [6.45, 7) is 6.26. The van der Waals surface area contributed by atoms with Crippen molar-refractivity contribution in [3.05, 3.63) is 112 Å². The molecular formula is C26H28O2. The van der Waals surface area contributed by atoms with Crippen LogP contribution in [0.25, 0.3) is 6.08 Å². The number of hydrogen-bond donors (Lipinski definition) is 1. The maximum absolute atomic E-state index is 10.3. The molecule has 0 bridgehead atoms. The number of carboxylic acid groups (broad SMARTS) is 1. The summed E-state index contributed by atoms with van der Waals surface area (Å²) >= 11 is 0. The second-order valence-electron chi connectivity index (χ2n) is 6.76. The van der Waals surface area contributed by atoms with Crippen LogP contribution in [-0.2, 0) is 12.8 Å². The predicted octanol–water partition coefficient (Wildman–Crippen LogP) is 6.51. The molecule has 0 aromatic heterocycles. The van der Waals surface area contributed by atoms with Crippen molar-refractivity contribution in [1.82, 2.24) is 0 Å². The van der Waals surface area contributed by atoms with Gasteiger partial charge in [-0.3, -0.25) is 0 Å². The third-order valence-corrected chi connectivity index (χ3v) is 4.63. The van der Waals surface area contributed by atoms with Crippen LogP contribution in [-0.4, -0.2) is 11.1 Å². The van der Waals surface area contributed by atoms with Gasteiger partial charge in [-0.1, -0.05) is 85.3 Å². The highest BCUT2D eigenvalue weighted by atomic mass is 16.4. The monoisotopic (exact) mass is 372 g/mol. The van der Waals surface area contributed by atoms with Gasteiger partial charge in [-0.2, -0.15) is 0 Å². The third-order valence-electron chi connectivity index (χ3n) is 4.63. The van der Waals surface area contributed by atoms with Crippen molar-refractivity contribution in [3.8, 4) is 0 Å². The molecule has 1 aliphatic rings. The number of aryl methyl sites for hydroxylation is 3. The highest BCUT2D eigenvalue weighted by Gasteiger charge is 2.00. The molecule has 4 rings (SSSR count). The molecular weight excluding hydrogens is 344 g/mol. The lowest BCUT2D eigenvalue weighted by atomic mass is 10.1. The summed E-state index contributed by atoms with van der Waals surface area (Å²) in [5.74, 6) is -0.875. The van der Waals surface area contributed by atoms with E-state index in [2.05, 4.69) is 74.5 Å². The molecule has 2 heteroatoms. The summed E-state index contributed by atoms with van der Waals surface area (Å²) in [5.41, 5.74) is 7.11. The SMILES string of the molecule is C1=Cc2ccccc2C1.CCc1ccccc1C.Cc1ccc(C(=O)O)cc1. The van der Waals surface area contributed by atoms with Gasteiger partial charge in [0.05, 0.1) is 5.56 Å². The summed E-state index contributed by atoms with van der Waals surface area (Å²) < 4.78 is 0. The van der Waals surface area contributed by atoms with Gasteiger partial charge in [0.15, 0.2) is 0 Å². The lowest BCUT2D eigenvalue weighted by Gasteiger charge is -1.98. The number of aromatic carboxylic acids is 1.